The number of halogens is 1. The van der Waals surface area contributed by atoms with Gasteiger partial charge in [0.05, 0.1) is 0 Å². The zero-order chi connectivity index (χ0) is 9.14. The van der Waals surface area contributed by atoms with Gasteiger partial charge in [-0.05, 0) is 53.3 Å². The molecule has 0 bridgehead atoms. The van der Waals surface area contributed by atoms with Crippen LogP contribution in [-0.4, -0.2) is 13.0 Å². The van der Waals surface area contributed by atoms with E-state index in [1.807, 2.05) is 25.1 Å². The van der Waals surface area contributed by atoms with E-state index in [-0.39, 0.29) is 5.91 Å². The molecule has 0 aliphatic heterocycles. The minimum absolute atomic E-state index is 0.0309. The molecule has 0 saturated heterocycles. The third-order valence-electron chi connectivity index (χ3n) is 1.53. The number of carbonyl (C=O) groups excluding carboxylic acids is 1. The van der Waals surface area contributed by atoms with E-state index in [1.54, 1.807) is 7.05 Å². The van der Waals surface area contributed by atoms with Gasteiger partial charge in [-0.2, -0.15) is 0 Å². The van der Waals surface area contributed by atoms with Crippen molar-refractivity contribution in [3.05, 3.63) is 32.9 Å². The van der Waals surface area contributed by atoms with Gasteiger partial charge >= 0.3 is 0 Å². The number of nitrogens with one attached hydrogen (secondary N) is 1. The molecular formula is C9H10INO. The second kappa shape index (κ2) is 3.89. The van der Waals surface area contributed by atoms with Crippen molar-refractivity contribution >= 4 is 28.5 Å². The van der Waals surface area contributed by atoms with E-state index in [2.05, 4.69) is 27.9 Å². The zero-order valence-corrected chi connectivity index (χ0v) is 9.18. The minimum atomic E-state index is -0.0309. The van der Waals surface area contributed by atoms with Gasteiger partial charge in [0.25, 0.3) is 5.91 Å². The molecule has 2 nitrogen and oxygen atoms in total. The molecule has 0 fully saturated rings. The van der Waals surface area contributed by atoms with Crippen LogP contribution in [0.1, 0.15) is 15.9 Å². The molecule has 0 aliphatic carbocycles. The third-order valence-corrected chi connectivity index (χ3v) is 2.15. The highest BCUT2D eigenvalue weighted by atomic mass is 127. The molecule has 1 amide bonds. The van der Waals surface area contributed by atoms with E-state index < -0.39 is 0 Å². The second-order valence-corrected chi connectivity index (χ2v) is 3.84. The Morgan fingerprint density at radius 3 is 2.58 bits per heavy atom. The Labute approximate surface area is 85.5 Å². The summed E-state index contributed by atoms with van der Waals surface area (Å²) in [6.45, 7) is 1.98. The summed E-state index contributed by atoms with van der Waals surface area (Å²) >= 11 is 2.20. The largest absolute Gasteiger partial charge is 0.355 e. The van der Waals surface area contributed by atoms with Crippen molar-refractivity contribution in [2.45, 2.75) is 6.92 Å². The maximum atomic E-state index is 11.2. The molecule has 1 N–H and O–H groups in total. The number of rotatable bonds is 1. The highest BCUT2D eigenvalue weighted by Crippen LogP contribution is 2.11. The highest BCUT2D eigenvalue weighted by molar-refractivity contribution is 14.1. The Hall–Kier alpha value is -0.580. The van der Waals surface area contributed by atoms with Crippen LogP contribution in [0.5, 0.6) is 0 Å². The molecule has 0 heterocycles. The smallest absolute Gasteiger partial charge is 0.251 e. The summed E-state index contributed by atoms with van der Waals surface area (Å²) < 4.78 is 1.09. The lowest BCUT2D eigenvalue weighted by atomic mass is 10.1. The van der Waals surface area contributed by atoms with Gasteiger partial charge < -0.3 is 5.32 Å². The summed E-state index contributed by atoms with van der Waals surface area (Å²) in [5.74, 6) is -0.0309. The van der Waals surface area contributed by atoms with E-state index in [0.29, 0.717) is 0 Å². The van der Waals surface area contributed by atoms with Crippen molar-refractivity contribution in [3.8, 4) is 0 Å². The van der Waals surface area contributed by atoms with Crippen molar-refractivity contribution in [1.29, 1.82) is 0 Å². The molecule has 0 aliphatic rings. The van der Waals surface area contributed by atoms with Gasteiger partial charge in [0.1, 0.15) is 0 Å². The van der Waals surface area contributed by atoms with Gasteiger partial charge in [0, 0.05) is 16.2 Å². The summed E-state index contributed by atoms with van der Waals surface area (Å²) in [6, 6.07) is 5.78. The first-order chi connectivity index (χ1) is 5.63. The van der Waals surface area contributed by atoms with E-state index >= 15 is 0 Å². The topological polar surface area (TPSA) is 29.1 Å². The van der Waals surface area contributed by atoms with E-state index in [1.165, 1.54) is 0 Å². The van der Waals surface area contributed by atoms with Crippen LogP contribution in [0, 0.1) is 10.5 Å². The average molecular weight is 275 g/mol. The lowest BCUT2D eigenvalue weighted by Crippen LogP contribution is -2.17. The molecule has 64 valence electrons. The standard InChI is InChI=1S/C9H10INO/c1-6-3-7(9(12)11-2)5-8(10)4-6/h3-5H,1-2H3,(H,11,12). The summed E-state index contributed by atoms with van der Waals surface area (Å²) in [5, 5.41) is 2.59. The first-order valence-corrected chi connectivity index (χ1v) is 4.70. The van der Waals surface area contributed by atoms with Crippen molar-refractivity contribution in [1.82, 2.24) is 5.32 Å². The SMILES string of the molecule is CNC(=O)c1cc(C)cc(I)c1. The molecule has 1 aromatic carbocycles. The molecule has 1 aromatic rings. The van der Waals surface area contributed by atoms with Crippen molar-refractivity contribution < 1.29 is 4.79 Å². The van der Waals surface area contributed by atoms with Gasteiger partial charge in [-0.25, -0.2) is 0 Å². The molecular weight excluding hydrogens is 265 g/mol. The van der Waals surface area contributed by atoms with Crippen LogP contribution in [0.3, 0.4) is 0 Å². The molecule has 12 heavy (non-hydrogen) atoms. The first kappa shape index (κ1) is 9.51. The summed E-state index contributed by atoms with van der Waals surface area (Å²) in [7, 11) is 1.64. The van der Waals surface area contributed by atoms with Crippen molar-refractivity contribution in [2.24, 2.45) is 0 Å². The van der Waals surface area contributed by atoms with Crippen LogP contribution in [0.25, 0.3) is 0 Å². The first-order valence-electron chi connectivity index (χ1n) is 3.63. The maximum absolute atomic E-state index is 11.2. The normalized spacial score (nSPS) is 9.58. The van der Waals surface area contributed by atoms with Crippen LogP contribution in [0.15, 0.2) is 18.2 Å². The monoisotopic (exact) mass is 275 g/mol. The molecule has 0 spiro atoms. The number of hydrogen-bond acceptors (Lipinski definition) is 1. The maximum Gasteiger partial charge on any atom is 0.251 e. The summed E-state index contributed by atoms with van der Waals surface area (Å²) in [4.78, 5) is 11.2. The lowest BCUT2D eigenvalue weighted by molar-refractivity contribution is 0.0963. The fourth-order valence-corrected chi connectivity index (χ4v) is 1.84. The Balaban J connectivity index is 3.08. The minimum Gasteiger partial charge on any atom is -0.355 e. The van der Waals surface area contributed by atoms with Gasteiger partial charge in [0.2, 0.25) is 0 Å². The number of amides is 1. The Morgan fingerprint density at radius 2 is 2.08 bits per heavy atom. The quantitative estimate of drug-likeness (QED) is 0.780. The number of aryl methyl sites for hydroxylation is 1. The second-order valence-electron chi connectivity index (χ2n) is 2.60. The highest BCUT2D eigenvalue weighted by Gasteiger charge is 2.03. The molecule has 0 aromatic heterocycles. The van der Waals surface area contributed by atoms with Crippen molar-refractivity contribution in [2.75, 3.05) is 7.05 Å². The molecule has 0 unspecified atom stereocenters. The Bertz CT molecular complexity index is 289. The van der Waals surface area contributed by atoms with E-state index in [0.717, 1.165) is 14.7 Å². The van der Waals surface area contributed by atoms with Gasteiger partial charge in [-0.1, -0.05) is 0 Å². The van der Waals surface area contributed by atoms with Crippen LogP contribution < -0.4 is 5.32 Å². The fraction of sp³-hybridized carbons (Fsp3) is 0.222. The predicted octanol–water partition coefficient (Wildman–Crippen LogP) is 1.96. The summed E-state index contributed by atoms with van der Waals surface area (Å²) in [6.07, 6.45) is 0. The van der Waals surface area contributed by atoms with E-state index in [9.17, 15) is 4.79 Å². The average Bonchev–Trinajstić information content (AvgIpc) is 2.01. The number of carbonyl (C=O) groups is 1. The number of hydrogen-bond donors (Lipinski definition) is 1. The van der Waals surface area contributed by atoms with Crippen molar-refractivity contribution in [3.63, 3.8) is 0 Å². The van der Waals surface area contributed by atoms with Gasteiger partial charge in [-0.3, -0.25) is 4.79 Å². The van der Waals surface area contributed by atoms with Crippen LogP contribution in [0.2, 0.25) is 0 Å². The lowest BCUT2D eigenvalue weighted by Gasteiger charge is -2.01. The molecule has 3 heteroatoms. The van der Waals surface area contributed by atoms with Crippen LogP contribution in [-0.2, 0) is 0 Å². The molecule has 0 radical (unpaired) electrons. The number of benzene rings is 1. The summed E-state index contributed by atoms with van der Waals surface area (Å²) in [5.41, 5.74) is 1.84. The Morgan fingerprint density at radius 1 is 1.42 bits per heavy atom. The predicted molar refractivity (Wildman–Crippen MR) is 57.3 cm³/mol. The van der Waals surface area contributed by atoms with Gasteiger partial charge in [-0.15, -0.1) is 0 Å². The molecule has 1 rings (SSSR count). The zero-order valence-electron chi connectivity index (χ0n) is 7.02. The van der Waals surface area contributed by atoms with Crippen LogP contribution >= 0.6 is 22.6 Å². The third kappa shape index (κ3) is 2.20. The Kier molecular flexibility index (Phi) is 3.08. The molecule has 0 saturated carbocycles. The fourth-order valence-electron chi connectivity index (χ4n) is 1.01. The van der Waals surface area contributed by atoms with Gasteiger partial charge in [0.15, 0.2) is 0 Å². The van der Waals surface area contributed by atoms with Crippen LogP contribution in [0.4, 0.5) is 0 Å². The van der Waals surface area contributed by atoms with E-state index in [4.69, 9.17) is 0 Å². The molecule has 0 atom stereocenters.